The summed E-state index contributed by atoms with van der Waals surface area (Å²) in [6, 6.07) is 2.57. The summed E-state index contributed by atoms with van der Waals surface area (Å²) in [5.41, 5.74) is 0. The van der Waals surface area contributed by atoms with Gasteiger partial charge in [0.25, 0.3) is 15.9 Å². The summed E-state index contributed by atoms with van der Waals surface area (Å²) in [6.07, 6.45) is -0.804. The van der Waals surface area contributed by atoms with Crippen LogP contribution in [0.5, 0.6) is 0 Å². The third-order valence-corrected chi connectivity index (χ3v) is 7.52. The van der Waals surface area contributed by atoms with Crippen LogP contribution in [0.2, 0.25) is 4.34 Å². The Morgan fingerprint density at radius 3 is 2.50 bits per heavy atom. The smallest absolute Gasteiger partial charge is 0.413 e. The fourth-order valence-corrected chi connectivity index (χ4v) is 5.53. The standard InChI is InChI=1S/C13H18ClN3O5S2/c1-9(12(18)15-13(19)22-2)16-5-7-17(8-6-16)24(20,21)11-4-3-10(14)23-11/h3-4,9H,5-8H2,1-2H3,(H,15,18,19)/p+1/t9-/m0/s1. The van der Waals surface area contributed by atoms with Gasteiger partial charge in [-0.05, 0) is 19.1 Å². The number of ether oxygens (including phenoxy) is 1. The van der Waals surface area contributed by atoms with Crippen LogP contribution in [-0.2, 0) is 19.6 Å². The summed E-state index contributed by atoms with van der Waals surface area (Å²) >= 11 is 6.83. The molecular formula is C13H19ClN3O5S2+. The Balaban J connectivity index is 1.96. The summed E-state index contributed by atoms with van der Waals surface area (Å²) in [5.74, 6) is -0.446. The molecule has 0 saturated carbocycles. The maximum atomic E-state index is 12.5. The molecule has 11 heteroatoms. The Morgan fingerprint density at radius 2 is 2.00 bits per heavy atom. The van der Waals surface area contributed by atoms with E-state index in [1.807, 2.05) is 0 Å². The number of rotatable bonds is 4. The Kier molecular flexibility index (Phi) is 6.21. The fourth-order valence-electron chi connectivity index (χ4n) is 2.46. The van der Waals surface area contributed by atoms with E-state index >= 15 is 0 Å². The summed E-state index contributed by atoms with van der Waals surface area (Å²) in [4.78, 5) is 23.9. The number of methoxy groups -OCH3 is 1. The largest absolute Gasteiger partial charge is 0.453 e. The van der Waals surface area contributed by atoms with Crippen molar-refractivity contribution in [3.05, 3.63) is 16.5 Å². The van der Waals surface area contributed by atoms with Crippen LogP contribution in [0.1, 0.15) is 6.92 Å². The van der Waals surface area contributed by atoms with Gasteiger partial charge in [-0.25, -0.2) is 13.2 Å². The van der Waals surface area contributed by atoms with Crippen LogP contribution in [0, 0.1) is 0 Å². The molecule has 0 aliphatic carbocycles. The van der Waals surface area contributed by atoms with Crippen molar-refractivity contribution in [2.75, 3.05) is 33.3 Å². The molecule has 1 atom stereocenters. The van der Waals surface area contributed by atoms with Crippen molar-refractivity contribution in [3.8, 4) is 0 Å². The van der Waals surface area contributed by atoms with Crippen molar-refractivity contribution in [2.45, 2.75) is 17.2 Å². The van der Waals surface area contributed by atoms with Gasteiger partial charge in [0.15, 0.2) is 6.04 Å². The highest BCUT2D eigenvalue weighted by molar-refractivity contribution is 7.91. The van der Waals surface area contributed by atoms with Crippen LogP contribution in [0.15, 0.2) is 16.3 Å². The predicted octanol–water partition coefficient (Wildman–Crippen LogP) is -0.438. The molecule has 2 N–H and O–H groups in total. The molecular weight excluding hydrogens is 378 g/mol. The number of quaternary nitrogens is 1. The maximum Gasteiger partial charge on any atom is 0.413 e. The van der Waals surface area contributed by atoms with E-state index in [0.29, 0.717) is 30.5 Å². The third-order valence-electron chi connectivity index (χ3n) is 3.92. The second-order valence-corrected chi connectivity index (χ2v) is 9.20. The molecule has 0 aromatic carbocycles. The second kappa shape index (κ2) is 7.79. The molecule has 0 radical (unpaired) electrons. The molecule has 2 heterocycles. The van der Waals surface area contributed by atoms with Gasteiger partial charge < -0.3 is 9.64 Å². The summed E-state index contributed by atoms with van der Waals surface area (Å²) in [5, 5.41) is 2.13. The van der Waals surface area contributed by atoms with Crippen molar-refractivity contribution >= 4 is 45.0 Å². The quantitative estimate of drug-likeness (QED) is 0.719. The van der Waals surface area contributed by atoms with Gasteiger partial charge in [0.05, 0.1) is 37.6 Å². The maximum absolute atomic E-state index is 12.5. The monoisotopic (exact) mass is 396 g/mol. The lowest BCUT2D eigenvalue weighted by Gasteiger charge is -2.33. The van der Waals surface area contributed by atoms with Crippen LogP contribution in [-0.4, -0.2) is 64.1 Å². The number of thiophene rings is 1. The van der Waals surface area contributed by atoms with Crippen LogP contribution in [0.4, 0.5) is 4.79 Å². The van der Waals surface area contributed by atoms with E-state index in [1.54, 1.807) is 13.0 Å². The lowest BCUT2D eigenvalue weighted by atomic mass is 10.2. The van der Waals surface area contributed by atoms with Crippen molar-refractivity contribution in [1.29, 1.82) is 0 Å². The van der Waals surface area contributed by atoms with Gasteiger partial charge in [-0.2, -0.15) is 4.31 Å². The number of sulfonamides is 1. The van der Waals surface area contributed by atoms with Gasteiger partial charge in [-0.3, -0.25) is 10.1 Å². The van der Waals surface area contributed by atoms with Gasteiger partial charge in [0.2, 0.25) is 0 Å². The molecule has 8 nitrogen and oxygen atoms in total. The number of carbonyl (C=O) groups excluding carboxylic acids is 2. The van der Waals surface area contributed by atoms with Gasteiger partial charge in [0, 0.05) is 0 Å². The molecule has 0 bridgehead atoms. The summed E-state index contributed by atoms with van der Waals surface area (Å²) in [7, 11) is -2.37. The number of nitrogens with one attached hydrogen (secondary N) is 2. The zero-order valence-electron chi connectivity index (χ0n) is 13.2. The normalized spacial score (nSPS) is 18.1. The van der Waals surface area contributed by atoms with E-state index in [2.05, 4.69) is 10.1 Å². The summed E-state index contributed by atoms with van der Waals surface area (Å²) < 4.78 is 31.5. The molecule has 1 aliphatic rings. The fraction of sp³-hybridized carbons (Fsp3) is 0.538. The molecule has 24 heavy (non-hydrogen) atoms. The lowest BCUT2D eigenvalue weighted by Crippen LogP contribution is -3.19. The SMILES string of the molecule is COC(=O)NC(=O)[C@H](C)[NH+]1CCN(S(=O)(=O)c2ccc(Cl)s2)CC1. The number of halogens is 1. The number of hydrogen-bond acceptors (Lipinski definition) is 6. The minimum atomic E-state index is -3.55. The van der Waals surface area contributed by atoms with E-state index in [0.717, 1.165) is 16.2 Å². The van der Waals surface area contributed by atoms with Gasteiger partial charge in [-0.1, -0.05) is 11.6 Å². The van der Waals surface area contributed by atoms with Crippen LogP contribution < -0.4 is 10.2 Å². The highest BCUT2D eigenvalue weighted by Crippen LogP contribution is 2.27. The average Bonchev–Trinajstić information content (AvgIpc) is 3.01. The second-order valence-electron chi connectivity index (χ2n) is 5.32. The number of hydrogen-bond donors (Lipinski definition) is 2. The van der Waals surface area contributed by atoms with Crippen molar-refractivity contribution in [2.24, 2.45) is 0 Å². The molecule has 134 valence electrons. The zero-order valence-corrected chi connectivity index (χ0v) is 15.6. The predicted molar refractivity (Wildman–Crippen MR) is 88.8 cm³/mol. The van der Waals surface area contributed by atoms with Crippen LogP contribution >= 0.6 is 22.9 Å². The van der Waals surface area contributed by atoms with E-state index in [4.69, 9.17) is 11.6 Å². The molecule has 1 saturated heterocycles. The van der Waals surface area contributed by atoms with E-state index in [1.165, 1.54) is 17.5 Å². The number of carbonyl (C=O) groups is 2. The third kappa shape index (κ3) is 4.25. The minimum absolute atomic E-state index is 0.215. The molecule has 1 aromatic heterocycles. The lowest BCUT2D eigenvalue weighted by molar-refractivity contribution is -0.917. The molecule has 0 unspecified atom stereocenters. The van der Waals surface area contributed by atoms with Gasteiger partial charge in [-0.15, -0.1) is 11.3 Å². The van der Waals surface area contributed by atoms with E-state index in [9.17, 15) is 18.0 Å². The number of alkyl carbamates (subject to hydrolysis) is 1. The van der Waals surface area contributed by atoms with Crippen molar-refractivity contribution < 1.29 is 27.6 Å². The van der Waals surface area contributed by atoms with E-state index < -0.39 is 28.1 Å². The first-order valence-electron chi connectivity index (χ1n) is 7.24. The zero-order chi connectivity index (χ0) is 17.9. The van der Waals surface area contributed by atoms with E-state index in [-0.39, 0.29) is 4.21 Å². The number of piperazine rings is 1. The molecule has 2 amide bonds. The van der Waals surface area contributed by atoms with Gasteiger partial charge in [0.1, 0.15) is 4.21 Å². The Hall–Kier alpha value is -1.20. The topological polar surface area (TPSA) is 97.2 Å². The van der Waals surface area contributed by atoms with Crippen LogP contribution in [0.25, 0.3) is 0 Å². The highest BCUT2D eigenvalue weighted by Gasteiger charge is 2.35. The first kappa shape index (κ1) is 19.1. The molecule has 1 fully saturated rings. The first-order chi connectivity index (χ1) is 11.3. The average molecular weight is 397 g/mol. The number of amides is 2. The van der Waals surface area contributed by atoms with Crippen molar-refractivity contribution in [1.82, 2.24) is 9.62 Å². The molecule has 1 aromatic rings. The Bertz CT molecular complexity index is 713. The number of nitrogens with zero attached hydrogens (tertiary/aromatic N) is 1. The molecule has 1 aliphatic heterocycles. The van der Waals surface area contributed by atoms with Crippen LogP contribution in [0.3, 0.4) is 0 Å². The van der Waals surface area contributed by atoms with Gasteiger partial charge >= 0.3 is 6.09 Å². The Morgan fingerprint density at radius 1 is 1.38 bits per heavy atom. The Labute approximate surface area is 149 Å². The summed E-state index contributed by atoms with van der Waals surface area (Å²) in [6.45, 7) is 3.21. The first-order valence-corrected chi connectivity index (χ1v) is 9.88. The number of imide groups is 1. The minimum Gasteiger partial charge on any atom is -0.453 e. The molecule has 0 spiro atoms. The van der Waals surface area contributed by atoms with Crippen molar-refractivity contribution in [3.63, 3.8) is 0 Å². The molecule has 2 rings (SSSR count). The highest BCUT2D eigenvalue weighted by atomic mass is 35.5.